The van der Waals surface area contributed by atoms with E-state index in [1.807, 2.05) is 31.2 Å². The molecule has 0 aliphatic rings. The van der Waals surface area contributed by atoms with Crippen molar-refractivity contribution in [3.8, 4) is 0 Å². The fraction of sp³-hybridized carbons (Fsp3) is 0.125. The van der Waals surface area contributed by atoms with Crippen LogP contribution in [0.2, 0.25) is 0 Å². The van der Waals surface area contributed by atoms with Crippen LogP contribution in [-0.2, 0) is 0 Å². The van der Waals surface area contributed by atoms with Crippen LogP contribution in [-0.4, -0.2) is 22.4 Å². The molecule has 1 amide bonds. The summed E-state index contributed by atoms with van der Waals surface area (Å²) in [5.74, 6) is -0.430. The molecule has 0 aliphatic carbocycles. The summed E-state index contributed by atoms with van der Waals surface area (Å²) < 4.78 is 0.960. The molecule has 0 bridgehead atoms. The highest BCUT2D eigenvalue weighted by molar-refractivity contribution is 7.22. The molecule has 1 heterocycles. The Bertz CT molecular complexity index is 890. The summed E-state index contributed by atoms with van der Waals surface area (Å²) in [4.78, 5) is 27.3. The first-order valence-electron chi connectivity index (χ1n) is 7.27. The van der Waals surface area contributed by atoms with E-state index in [0.29, 0.717) is 17.4 Å². The zero-order valence-electron chi connectivity index (χ0n) is 12.8. The number of aromatic nitrogens is 1. The highest BCUT2D eigenvalue weighted by Gasteiger charge is 2.18. The second kappa shape index (κ2) is 6.63. The van der Waals surface area contributed by atoms with E-state index in [4.69, 9.17) is 0 Å². The highest BCUT2D eigenvalue weighted by atomic mass is 32.1. The fourth-order valence-corrected chi connectivity index (χ4v) is 3.12. The van der Waals surface area contributed by atoms with Gasteiger partial charge in [-0.1, -0.05) is 23.5 Å². The quantitative estimate of drug-likeness (QED) is 0.541. The van der Waals surface area contributed by atoms with Crippen molar-refractivity contribution < 1.29 is 9.72 Å². The molecule has 0 radical (unpaired) electrons. The number of nitro groups is 1. The van der Waals surface area contributed by atoms with Gasteiger partial charge in [-0.15, -0.1) is 0 Å². The maximum atomic E-state index is 12.3. The van der Waals surface area contributed by atoms with Gasteiger partial charge in [0, 0.05) is 18.2 Å². The van der Waals surface area contributed by atoms with Crippen molar-refractivity contribution in [2.45, 2.75) is 6.92 Å². The van der Waals surface area contributed by atoms with Gasteiger partial charge in [-0.25, -0.2) is 4.98 Å². The Morgan fingerprint density at radius 3 is 2.79 bits per heavy atom. The summed E-state index contributed by atoms with van der Waals surface area (Å²) in [6.45, 7) is 2.40. The Balaban J connectivity index is 1.86. The number of rotatable bonds is 5. The van der Waals surface area contributed by atoms with E-state index in [1.165, 1.54) is 23.5 Å². The number of thiazole rings is 1. The molecule has 3 rings (SSSR count). The van der Waals surface area contributed by atoms with Crippen molar-refractivity contribution >= 4 is 44.0 Å². The second-order valence-corrected chi connectivity index (χ2v) is 5.99. The molecule has 2 N–H and O–H groups in total. The standard InChI is InChI=1S/C16H14N4O3S/c1-2-17-11-8-7-10(9-13(11)20(22)23)15(21)19-16-18-12-5-3-4-6-14(12)24-16/h3-9,17H,2H2,1H3,(H,18,19,21). The third-order valence-corrected chi connectivity index (χ3v) is 4.29. The molecule has 24 heavy (non-hydrogen) atoms. The number of nitrogens with one attached hydrogen (secondary N) is 2. The van der Waals surface area contributed by atoms with Crippen LogP contribution >= 0.6 is 11.3 Å². The van der Waals surface area contributed by atoms with Crippen molar-refractivity contribution in [1.29, 1.82) is 0 Å². The smallest absolute Gasteiger partial charge is 0.293 e. The number of nitrogens with zero attached hydrogens (tertiary/aromatic N) is 2. The van der Waals surface area contributed by atoms with Crippen LogP contribution in [0.5, 0.6) is 0 Å². The first-order chi connectivity index (χ1) is 11.6. The minimum Gasteiger partial charge on any atom is -0.380 e. The highest BCUT2D eigenvalue weighted by Crippen LogP contribution is 2.28. The van der Waals surface area contributed by atoms with E-state index in [1.54, 1.807) is 6.07 Å². The Kier molecular flexibility index (Phi) is 4.39. The number of carbonyl (C=O) groups excluding carboxylic acids is 1. The van der Waals surface area contributed by atoms with Crippen molar-refractivity contribution in [2.24, 2.45) is 0 Å². The van der Waals surface area contributed by atoms with Crippen LogP contribution in [0.15, 0.2) is 42.5 Å². The number of amides is 1. The van der Waals surface area contributed by atoms with Crippen LogP contribution < -0.4 is 10.6 Å². The summed E-state index contributed by atoms with van der Waals surface area (Å²) >= 11 is 1.35. The average molecular weight is 342 g/mol. The lowest BCUT2D eigenvalue weighted by molar-refractivity contribution is -0.384. The van der Waals surface area contributed by atoms with Gasteiger partial charge in [-0.2, -0.15) is 0 Å². The molecule has 0 spiro atoms. The minimum absolute atomic E-state index is 0.131. The molecule has 2 aromatic carbocycles. The summed E-state index contributed by atoms with van der Waals surface area (Å²) in [5, 5.41) is 17.2. The molecule has 3 aromatic rings. The van der Waals surface area contributed by atoms with Crippen LogP contribution in [0.3, 0.4) is 0 Å². The van der Waals surface area contributed by atoms with Gasteiger partial charge in [0.25, 0.3) is 11.6 Å². The summed E-state index contributed by atoms with van der Waals surface area (Å²) in [6, 6.07) is 11.9. The first-order valence-corrected chi connectivity index (χ1v) is 8.09. The molecule has 0 saturated carbocycles. The number of anilines is 2. The van der Waals surface area contributed by atoms with Gasteiger partial charge in [0.2, 0.25) is 0 Å². The molecule has 0 fully saturated rings. The van der Waals surface area contributed by atoms with Crippen molar-refractivity contribution in [2.75, 3.05) is 17.2 Å². The largest absolute Gasteiger partial charge is 0.380 e. The number of para-hydroxylation sites is 1. The fourth-order valence-electron chi connectivity index (χ4n) is 2.26. The van der Waals surface area contributed by atoms with E-state index in [0.717, 1.165) is 10.2 Å². The summed E-state index contributed by atoms with van der Waals surface area (Å²) in [7, 11) is 0. The molecule has 7 nitrogen and oxygen atoms in total. The predicted molar refractivity (Wildman–Crippen MR) is 94.8 cm³/mol. The third kappa shape index (κ3) is 3.18. The lowest BCUT2D eigenvalue weighted by Crippen LogP contribution is -2.12. The maximum absolute atomic E-state index is 12.3. The van der Waals surface area contributed by atoms with Gasteiger partial charge in [-0.3, -0.25) is 20.2 Å². The molecule has 0 saturated heterocycles. The van der Waals surface area contributed by atoms with Gasteiger partial charge in [-0.05, 0) is 31.2 Å². The van der Waals surface area contributed by atoms with Gasteiger partial charge >= 0.3 is 0 Å². The number of benzene rings is 2. The topological polar surface area (TPSA) is 97.2 Å². The molecular formula is C16H14N4O3S. The molecule has 1 aromatic heterocycles. The maximum Gasteiger partial charge on any atom is 0.293 e. The lowest BCUT2D eigenvalue weighted by Gasteiger charge is -2.06. The second-order valence-electron chi connectivity index (χ2n) is 4.96. The SMILES string of the molecule is CCNc1ccc(C(=O)Nc2nc3ccccc3s2)cc1[N+](=O)[O-]. The van der Waals surface area contributed by atoms with Crippen molar-refractivity contribution in [3.05, 3.63) is 58.1 Å². The van der Waals surface area contributed by atoms with Crippen molar-refractivity contribution in [3.63, 3.8) is 0 Å². The van der Waals surface area contributed by atoms with Gasteiger partial charge in [0.05, 0.1) is 15.1 Å². The molecular weight excluding hydrogens is 328 g/mol. The Labute approximate surface area is 141 Å². The number of hydrogen-bond acceptors (Lipinski definition) is 6. The van der Waals surface area contributed by atoms with Gasteiger partial charge in [0.1, 0.15) is 5.69 Å². The molecule has 122 valence electrons. The lowest BCUT2D eigenvalue weighted by atomic mass is 10.1. The number of hydrogen-bond donors (Lipinski definition) is 2. The normalized spacial score (nSPS) is 10.5. The zero-order valence-corrected chi connectivity index (χ0v) is 13.6. The average Bonchev–Trinajstić information content (AvgIpc) is 2.97. The first kappa shape index (κ1) is 15.9. The molecule has 0 aliphatic heterocycles. The molecule has 8 heteroatoms. The van der Waals surface area contributed by atoms with Crippen molar-refractivity contribution in [1.82, 2.24) is 4.98 Å². The van der Waals surface area contributed by atoms with Crippen LogP contribution in [0.4, 0.5) is 16.5 Å². The van der Waals surface area contributed by atoms with Crippen LogP contribution in [0, 0.1) is 10.1 Å². The number of nitro benzene ring substituents is 1. The van der Waals surface area contributed by atoms with E-state index in [2.05, 4.69) is 15.6 Å². The van der Waals surface area contributed by atoms with Crippen LogP contribution in [0.25, 0.3) is 10.2 Å². The summed E-state index contributed by atoms with van der Waals surface area (Å²) in [5.41, 5.74) is 1.27. The molecule has 0 atom stereocenters. The van der Waals surface area contributed by atoms with E-state index >= 15 is 0 Å². The number of fused-ring (bicyclic) bond motifs is 1. The zero-order chi connectivity index (χ0) is 17.1. The van der Waals surface area contributed by atoms with E-state index in [-0.39, 0.29) is 11.3 Å². The minimum atomic E-state index is -0.507. The van der Waals surface area contributed by atoms with Crippen LogP contribution in [0.1, 0.15) is 17.3 Å². The van der Waals surface area contributed by atoms with E-state index < -0.39 is 10.8 Å². The Morgan fingerprint density at radius 1 is 1.29 bits per heavy atom. The molecule has 0 unspecified atom stereocenters. The van der Waals surface area contributed by atoms with Gasteiger partial charge < -0.3 is 5.32 Å². The summed E-state index contributed by atoms with van der Waals surface area (Å²) in [6.07, 6.45) is 0. The van der Waals surface area contributed by atoms with E-state index in [9.17, 15) is 14.9 Å². The van der Waals surface area contributed by atoms with Gasteiger partial charge in [0.15, 0.2) is 5.13 Å². The predicted octanol–water partition coefficient (Wildman–Crippen LogP) is 3.89. The Morgan fingerprint density at radius 2 is 2.08 bits per heavy atom. The third-order valence-electron chi connectivity index (χ3n) is 3.34. The Hall–Kier alpha value is -3.00. The monoisotopic (exact) mass is 342 g/mol. The number of carbonyl (C=O) groups is 1.